The first-order chi connectivity index (χ1) is 19.5. The van der Waals surface area contributed by atoms with Crippen molar-refractivity contribution in [1.82, 2.24) is 0 Å². The van der Waals surface area contributed by atoms with Gasteiger partial charge in [0.2, 0.25) is 0 Å². The van der Waals surface area contributed by atoms with Crippen LogP contribution in [0.5, 0.6) is 0 Å². The van der Waals surface area contributed by atoms with Gasteiger partial charge in [-0.2, -0.15) is 0 Å². The van der Waals surface area contributed by atoms with Gasteiger partial charge in [0, 0.05) is 53.4 Å². The van der Waals surface area contributed by atoms with Crippen LogP contribution in [0.15, 0.2) is 30.1 Å². The van der Waals surface area contributed by atoms with Crippen LogP contribution >= 0.6 is 0 Å². The highest BCUT2D eigenvalue weighted by molar-refractivity contribution is 5.66. The molecule has 7 atom stereocenters. The Labute approximate surface area is 249 Å². The Kier molecular flexibility index (Phi) is 12.1. The Bertz CT molecular complexity index is 1410. The maximum atomic E-state index is 13.1. The van der Waals surface area contributed by atoms with Crippen molar-refractivity contribution in [3.05, 3.63) is 77.4 Å². The van der Waals surface area contributed by atoms with Crippen LogP contribution in [-0.2, 0) is 16.0 Å². The van der Waals surface area contributed by atoms with Gasteiger partial charge in [0.15, 0.2) is 10.9 Å². The minimum absolute atomic E-state index is 0.102. The molecule has 0 bridgehead atoms. The SMILES string of the molecule is CCc1oc([C@H](C)[C@H](OC(C)=O)[C@@H](C)[C@H](O)C(C)=C[C@@H](C)c2oc([C@@H](C)[C@@H](O)CC)c(C)c(=O)c2C)c(C)c(=O)c1C. The molecule has 2 rings (SSSR count). The fourth-order valence-corrected chi connectivity index (χ4v) is 5.92. The standard InChI is InChI=1S/C34H50O8/c1-13-26(36)18(5)32-23(10)30(39)21(8)31(42-32)17(4)15-16(3)28(37)20(7)33(40-25(12)35)24(11)34-22(9)29(38)19(6)27(14-2)41-34/h15,17-18,20,24,26,28,33,36-37H,13-14H2,1-12H3/t17-,18+,20+,24-,26+,28-,33-/m1/s1. The van der Waals surface area contributed by atoms with Gasteiger partial charge >= 0.3 is 5.97 Å². The van der Waals surface area contributed by atoms with Gasteiger partial charge < -0.3 is 23.8 Å². The van der Waals surface area contributed by atoms with E-state index in [1.54, 1.807) is 41.5 Å². The van der Waals surface area contributed by atoms with Crippen molar-refractivity contribution < 1.29 is 28.6 Å². The summed E-state index contributed by atoms with van der Waals surface area (Å²) in [6, 6.07) is 0. The third-order valence-corrected chi connectivity index (χ3v) is 8.69. The molecule has 42 heavy (non-hydrogen) atoms. The molecule has 0 saturated heterocycles. The molecule has 0 radical (unpaired) electrons. The average molecular weight is 587 g/mol. The first-order valence-corrected chi connectivity index (χ1v) is 15.0. The smallest absolute Gasteiger partial charge is 0.302 e. The lowest BCUT2D eigenvalue weighted by Crippen LogP contribution is -2.38. The summed E-state index contributed by atoms with van der Waals surface area (Å²) in [6.07, 6.45) is 0.470. The van der Waals surface area contributed by atoms with Crippen LogP contribution in [0, 0.1) is 33.6 Å². The van der Waals surface area contributed by atoms with E-state index in [-0.39, 0.29) is 22.7 Å². The predicted molar refractivity (Wildman–Crippen MR) is 164 cm³/mol. The molecule has 2 heterocycles. The third-order valence-electron chi connectivity index (χ3n) is 8.69. The molecule has 0 saturated carbocycles. The summed E-state index contributed by atoms with van der Waals surface area (Å²) < 4.78 is 18.1. The van der Waals surface area contributed by atoms with Crippen molar-refractivity contribution in [3.8, 4) is 0 Å². The lowest BCUT2D eigenvalue weighted by Gasteiger charge is -2.32. The highest BCUT2D eigenvalue weighted by Crippen LogP contribution is 2.34. The Hall–Kier alpha value is -2.97. The number of esters is 1. The quantitative estimate of drug-likeness (QED) is 0.227. The van der Waals surface area contributed by atoms with Crippen LogP contribution in [0.4, 0.5) is 0 Å². The van der Waals surface area contributed by atoms with Crippen LogP contribution in [0.25, 0.3) is 0 Å². The van der Waals surface area contributed by atoms with Gasteiger partial charge in [-0.1, -0.05) is 47.6 Å². The van der Waals surface area contributed by atoms with Crippen LogP contribution in [-0.4, -0.2) is 34.5 Å². The zero-order chi connectivity index (χ0) is 32.2. The molecule has 0 aliphatic carbocycles. The van der Waals surface area contributed by atoms with Crippen molar-refractivity contribution in [3.63, 3.8) is 0 Å². The van der Waals surface area contributed by atoms with E-state index in [0.29, 0.717) is 63.7 Å². The largest absolute Gasteiger partial charge is 0.465 e. The summed E-state index contributed by atoms with van der Waals surface area (Å²) in [5, 5.41) is 21.9. The Balaban J connectivity index is 2.50. The minimum atomic E-state index is -1.01. The van der Waals surface area contributed by atoms with E-state index in [1.165, 1.54) is 6.92 Å². The minimum Gasteiger partial charge on any atom is -0.465 e. The summed E-state index contributed by atoms with van der Waals surface area (Å²) >= 11 is 0. The van der Waals surface area contributed by atoms with Gasteiger partial charge in [-0.05, 0) is 46.6 Å². The topological polar surface area (TPSA) is 127 Å². The van der Waals surface area contributed by atoms with E-state index < -0.39 is 36.1 Å². The van der Waals surface area contributed by atoms with Gasteiger partial charge in [0.25, 0.3) is 0 Å². The van der Waals surface area contributed by atoms with E-state index in [1.807, 2.05) is 40.7 Å². The molecule has 8 heteroatoms. The molecule has 0 aromatic carbocycles. The van der Waals surface area contributed by atoms with Gasteiger partial charge in [-0.3, -0.25) is 14.4 Å². The van der Waals surface area contributed by atoms with E-state index >= 15 is 0 Å². The highest BCUT2D eigenvalue weighted by Gasteiger charge is 2.36. The van der Waals surface area contributed by atoms with Gasteiger partial charge in [0.05, 0.1) is 18.1 Å². The van der Waals surface area contributed by atoms with E-state index in [4.69, 9.17) is 13.6 Å². The summed E-state index contributed by atoms with van der Waals surface area (Å²) in [4.78, 5) is 38.2. The Morgan fingerprint density at radius 2 is 1.31 bits per heavy atom. The Morgan fingerprint density at radius 1 is 0.810 bits per heavy atom. The first kappa shape index (κ1) is 35.2. The molecule has 0 aliphatic rings. The fourth-order valence-electron chi connectivity index (χ4n) is 5.92. The fraction of sp³-hybridized carbons (Fsp3) is 0.618. The summed E-state index contributed by atoms with van der Waals surface area (Å²) in [5.74, 6) is -0.322. The molecular weight excluding hydrogens is 536 g/mol. The van der Waals surface area contributed by atoms with Gasteiger partial charge in [0.1, 0.15) is 29.1 Å². The second kappa shape index (κ2) is 14.5. The second-order valence-electron chi connectivity index (χ2n) is 11.9. The molecule has 2 aromatic rings. The van der Waals surface area contributed by atoms with Crippen LogP contribution < -0.4 is 10.9 Å². The van der Waals surface area contributed by atoms with Gasteiger partial charge in [-0.25, -0.2) is 0 Å². The second-order valence-corrected chi connectivity index (χ2v) is 11.9. The zero-order valence-electron chi connectivity index (χ0n) is 27.4. The Morgan fingerprint density at radius 3 is 1.81 bits per heavy atom. The number of aliphatic hydroxyl groups excluding tert-OH is 2. The van der Waals surface area contributed by atoms with Crippen molar-refractivity contribution in [2.24, 2.45) is 5.92 Å². The van der Waals surface area contributed by atoms with Crippen molar-refractivity contribution >= 4 is 5.97 Å². The normalized spacial score (nSPS) is 17.2. The number of aliphatic hydroxyl groups is 2. The molecule has 0 spiro atoms. The molecule has 8 nitrogen and oxygen atoms in total. The van der Waals surface area contributed by atoms with Crippen LogP contribution in [0.1, 0.15) is 125 Å². The molecule has 234 valence electrons. The number of hydrogen-bond donors (Lipinski definition) is 2. The molecule has 0 aliphatic heterocycles. The van der Waals surface area contributed by atoms with E-state index in [9.17, 15) is 24.6 Å². The van der Waals surface area contributed by atoms with Crippen molar-refractivity contribution in [1.29, 1.82) is 0 Å². The number of aryl methyl sites for hydroxylation is 1. The van der Waals surface area contributed by atoms with E-state index in [0.717, 1.165) is 0 Å². The number of ether oxygens (including phenoxy) is 1. The lowest BCUT2D eigenvalue weighted by atomic mass is 9.83. The monoisotopic (exact) mass is 586 g/mol. The van der Waals surface area contributed by atoms with Crippen molar-refractivity contribution in [2.45, 2.75) is 132 Å². The first-order valence-electron chi connectivity index (χ1n) is 15.0. The number of allylic oxidation sites excluding steroid dienone is 1. The van der Waals surface area contributed by atoms with Crippen molar-refractivity contribution in [2.75, 3.05) is 0 Å². The highest BCUT2D eigenvalue weighted by atomic mass is 16.5. The number of hydrogen-bond acceptors (Lipinski definition) is 8. The predicted octanol–water partition coefficient (Wildman–Crippen LogP) is 6.05. The summed E-state index contributed by atoms with van der Waals surface area (Å²) in [6.45, 7) is 21.1. The molecule has 0 unspecified atom stereocenters. The van der Waals surface area contributed by atoms with Gasteiger partial charge in [-0.15, -0.1) is 0 Å². The number of carbonyl (C=O) groups excluding carboxylic acids is 1. The summed E-state index contributed by atoms with van der Waals surface area (Å²) in [5.41, 5.74) is 2.38. The third kappa shape index (κ3) is 7.32. The molecule has 0 amide bonds. The zero-order valence-corrected chi connectivity index (χ0v) is 27.4. The maximum absolute atomic E-state index is 13.1. The average Bonchev–Trinajstić information content (AvgIpc) is 2.95. The molecule has 0 fully saturated rings. The molecular formula is C34H50O8. The molecule has 2 aromatic heterocycles. The summed E-state index contributed by atoms with van der Waals surface area (Å²) in [7, 11) is 0. The number of rotatable bonds is 12. The van der Waals surface area contributed by atoms with Crippen LogP contribution in [0.3, 0.4) is 0 Å². The van der Waals surface area contributed by atoms with Crippen LogP contribution in [0.2, 0.25) is 0 Å². The van der Waals surface area contributed by atoms with E-state index in [2.05, 4.69) is 0 Å². The maximum Gasteiger partial charge on any atom is 0.302 e. The lowest BCUT2D eigenvalue weighted by molar-refractivity contribution is -0.152. The molecule has 2 N–H and O–H groups in total. The number of carbonyl (C=O) groups is 1.